The van der Waals surface area contributed by atoms with Crippen molar-refractivity contribution in [3.63, 3.8) is 0 Å². The number of carbonyl (C=O) groups excluding carboxylic acids is 1. The van der Waals surface area contributed by atoms with E-state index in [4.69, 9.17) is 49.5 Å². The number of carboxylic acids is 1. The molecule has 10 unspecified atom stereocenters. The quantitative estimate of drug-likeness (QED) is 0.0837. The number of aliphatic hydroxyl groups is 4. The third kappa shape index (κ3) is 10.6. The monoisotopic (exact) mass is 734 g/mol. The van der Waals surface area contributed by atoms with Gasteiger partial charge in [-0.15, -0.1) is 5.10 Å². The fourth-order valence-corrected chi connectivity index (χ4v) is 5.29. The minimum atomic E-state index is -1.86. The molecule has 2 aliphatic rings. The molecule has 4 rings (SSSR count). The van der Waals surface area contributed by atoms with Gasteiger partial charge in [-0.25, -0.2) is 9.48 Å². The van der Waals surface area contributed by atoms with E-state index in [0.29, 0.717) is 31.4 Å². The Hall–Kier alpha value is -2.89. The molecule has 0 radical (unpaired) electrons. The number of aliphatic hydroxyl groups excluding tert-OH is 4. The Labute approximate surface area is 291 Å². The van der Waals surface area contributed by atoms with Gasteiger partial charge in [0.1, 0.15) is 42.3 Å². The van der Waals surface area contributed by atoms with Crippen molar-refractivity contribution < 1.29 is 73.0 Å². The molecule has 2 fully saturated rings. The van der Waals surface area contributed by atoms with Crippen LogP contribution in [-0.2, 0) is 54.0 Å². The number of aliphatic carboxylic acids is 1. The molecule has 0 saturated carbocycles. The minimum Gasteiger partial charge on any atom is -0.479 e. The standard InChI is InChI=1S/C30H43ClN4O15/c1-43-23-19(36)22(39)30(48-24-20(37)21(38)29(44-2)50-26(24)28(41)42)49-25(23)27(40)32-7-9-45-11-13-47-14-12-46-10-8-35-15-18(33-34-35)16-3-5-17(31)6-4-16/h3-6,15,19-26,29-30,36-39H,7-14H2,1-2H3,(H,32,40)(H,41,42). The van der Waals surface area contributed by atoms with Crippen LogP contribution in [0, 0.1) is 0 Å². The Balaban J connectivity index is 1.11. The van der Waals surface area contributed by atoms with E-state index in [-0.39, 0.29) is 26.4 Å². The Morgan fingerprint density at radius 2 is 1.42 bits per heavy atom. The van der Waals surface area contributed by atoms with E-state index < -0.39 is 73.3 Å². The van der Waals surface area contributed by atoms with Gasteiger partial charge in [0.05, 0.1) is 52.4 Å². The molecule has 0 aliphatic carbocycles. The molecule has 1 aromatic carbocycles. The van der Waals surface area contributed by atoms with Crippen LogP contribution in [0.25, 0.3) is 11.3 Å². The number of rotatable bonds is 19. The first-order valence-electron chi connectivity index (χ1n) is 15.7. The number of nitrogens with zero attached hydrogens (tertiary/aromatic N) is 3. The molecule has 6 N–H and O–H groups in total. The largest absolute Gasteiger partial charge is 0.479 e. The van der Waals surface area contributed by atoms with Crippen molar-refractivity contribution in [2.24, 2.45) is 0 Å². The van der Waals surface area contributed by atoms with Crippen molar-refractivity contribution in [1.29, 1.82) is 0 Å². The molecule has 0 bridgehead atoms. The number of amides is 1. The summed E-state index contributed by atoms with van der Waals surface area (Å²) in [6.07, 6.45) is -15.1. The first kappa shape index (κ1) is 39.9. The maximum Gasteiger partial charge on any atom is 0.335 e. The predicted octanol–water partition coefficient (Wildman–Crippen LogP) is -2.21. The van der Waals surface area contributed by atoms with E-state index in [1.807, 2.05) is 18.3 Å². The average molecular weight is 735 g/mol. The highest BCUT2D eigenvalue weighted by Gasteiger charge is 2.54. The van der Waals surface area contributed by atoms with Gasteiger partial charge in [0.15, 0.2) is 24.8 Å². The van der Waals surface area contributed by atoms with Crippen LogP contribution >= 0.6 is 11.6 Å². The molecule has 0 spiro atoms. The lowest BCUT2D eigenvalue weighted by molar-refractivity contribution is -0.348. The van der Waals surface area contributed by atoms with E-state index in [1.165, 1.54) is 7.11 Å². The Kier molecular flexibility index (Phi) is 15.7. The summed E-state index contributed by atoms with van der Waals surface area (Å²) in [7, 11) is 2.33. The van der Waals surface area contributed by atoms with E-state index in [2.05, 4.69) is 15.6 Å². The van der Waals surface area contributed by atoms with Gasteiger partial charge in [0, 0.05) is 31.4 Å². The van der Waals surface area contributed by atoms with Crippen LogP contribution in [0.4, 0.5) is 0 Å². The molecule has 3 heterocycles. The summed E-state index contributed by atoms with van der Waals surface area (Å²) in [5.41, 5.74) is 1.64. The number of hydrogen-bond acceptors (Lipinski definition) is 16. The molecule has 2 saturated heterocycles. The van der Waals surface area contributed by atoms with E-state index in [9.17, 15) is 35.1 Å². The zero-order chi connectivity index (χ0) is 36.2. The van der Waals surface area contributed by atoms with Crippen LogP contribution in [0.15, 0.2) is 30.5 Å². The molecule has 19 nitrogen and oxygen atoms in total. The van der Waals surface area contributed by atoms with Gasteiger partial charge in [-0.2, -0.15) is 0 Å². The highest BCUT2D eigenvalue weighted by atomic mass is 35.5. The lowest BCUT2D eigenvalue weighted by atomic mass is 9.96. The minimum absolute atomic E-state index is 0.0330. The fourth-order valence-electron chi connectivity index (χ4n) is 5.17. The lowest BCUT2D eigenvalue weighted by Gasteiger charge is -2.45. The van der Waals surface area contributed by atoms with Crippen LogP contribution < -0.4 is 5.32 Å². The van der Waals surface area contributed by atoms with Crippen LogP contribution in [0.1, 0.15) is 0 Å². The molecule has 1 aromatic heterocycles. The van der Waals surface area contributed by atoms with Crippen molar-refractivity contribution >= 4 is 23.5 Å². The zero-order valence-electron chi connectivity index (χ0n) is 27.4. The number of aromatic nitrogens is 3. The van der Waals surface area contributed by atoms with Gasteiger partial charge in [-0.1, -0.05) is 28.9 Å². The van der Waals surface area contributed by atoms with Crippen molar-refractivity contribution in [2.45, 2.75) is 68.0 Å². The fraction of sp³-hybridized carbons (Fsp3) is 0.667. The molecule has 2 aliphatic heterocycles. The van der Waals surface area contributed by atoms with Gasteiger partial charge in [0.25, 0.3) is 5.91 Å². The second-order valence-electron chi connectivity index (χ2n) is 11.2. The third-order valence-corrected chi connectivity index (χ3v) is 8.07. The molecule has 50 heavy (non-hydrogen) atoms. The molecule has 280 valence electrons. The van der Waals surface area contributed by atoms with Gasteiger partial charge >= 0.3 is 5.97 Å². The molecule has 20 heteroatoms. The van der Waals surface area contributed by atoms with E-state index in [0.717, 1.165) is 18.4 Å². The second kappa shape index (κ2) is 19.6. The third-order valence-electron chi connectivity index (χ3n) is 7.82. The number of hydrogen-bond donors (Lipinski definition) is 6. The number of nitrogens with one attached hydrogen (secondary N) is 1. The summed E-state index contributed by atoms with van der Waals surface area (Å²) < 4.78 is 44.5. The normalized spacial score (nSPS) is 29.9. The van der Waals surface area contributed by atoms with Crippen LogP contribution in [0.2, 0.25) is 5.02 Å². The summed E-state index contributed by atoms with van der Waals surface area (Å²) >= 11 is 5.92. The van der Waals surface area contributed by atoms with E-state index >= 15 is 0 Å². The molecular weight excluding hydrogens is 692 g/mol. The smallest absolute Gasteiger partial charge is 0.335 e. The van der Waals surface area contributed by atoms with Crippen LogP contribution in [0.5, 0.6) is 0 Å². The van der Waals surface area contributed by atoms with Gasteiger partial charge in [0.2, 0.25) is 0 Å². The number of benzene rings is 1. The van der Waals surface area contributed by atoms with Crippen molar-refractivity contribution in [3.05, 3.63) is 35.5 Å². The number of ether oxygens (including phenoxy) is 8. The van der Waals surface area contributed by atoms with Crippen molar-refractivity contribution in [1.82, 2.24) is 20.3 Å². The predicted molar refractivity (Wildman–Crippen MR) is 168 cm³/mol. The number of halogens is 1. The molecule has 2 aromatic rings. The SMILES string of the molecule is COC1OC(C(=O)O)C(OC2OC(C(=O)NCCOCCOCCOCCn3cc(-c4ccc(Cl)cc4)nn3)C(OC)C(O)C2O)C(O)C1O. The highest BCUT2D eigenvalue weighted by Crippen LogP contribution is 2.30. The van der Waals surface area contributed by atoms with Crippen molar-refractivity contribution in [3.8, 4) is 11.3 Å². The van der Waals surface area contributed by atoms with Gasteiger partial charge in [-0.05, 0) is 12.1 Å². The summed E-state index contributed by atoms with van der Waals surface area (Å²) in [6.45, 7) is 2.27. The number of methoxy groups -OCH3 is 2. The zero-order valence-corrected chi connectivity index (χ0v) is 28.1. The summed E-state index contributed by atoms with van der Waals surface area (Å²) in [4.78, 5) is 24.7. The lowest BCUT2D eigenvalue weighted by Crippen LogP contribution is -2.66. The summed E-state index contributed by atoms with van der Waals surface area (Å²) in [6, 6.07) is 7.31. The van der Waals surface area contributed by atoms with E-state index in [1.54, 1.807) is 16.8 Å². The first-order valence-corrected chi connectivity index (χ1v) is 16.1. The molecule has 1 amide bonds. The summed E-state index contributed by atoms with van der Waals surface area (Å²) in [5, 5.41) is 63.0. The number of carbonyl (C=O) groups is 2. The Morgan fingerprint density at radius 1 is 0.820 bits per heavy atom. The maximum atomic E-state index is 13.0. The van der Waals surface area contributed by atoms with Crippen molar-refractivity contribution in [2.75, 3.05) is 60.4 Å². The second-order valence-corrected chi connectivity index (χ2v) is 11.6. The number of carboxylic acid groups (broad SMARTS) is 1. The average Bonchev–Trinajstić information content (AvgIpc) is 3.58. The summed E-state index contributed by atoms with van der Waals surface area (Å²) in [5.74, 6) is -2.32. The maximum absolute atomic E-state index is 13.0. The van der Waals surface area contributed by atoms with Crippen LogP contribution in [-0.4, -0.2) is 174 Å². The first-order chi connectivity index (χ1) is 24.0. The van der Waals surface area contributed by atoms with Crippen LogP contribution in [0.3, 0.4) is 0 Å². The molecular formula is C30H43ClN4O15. The highest BCUT2D eigenvalue weighted by molar-refractivity contribution is 6.30. The Morgan fingerprint density at radius 3 is 2.06 bits per heavy atom. The molecule has 10 atom stereocenters. The topological polar surface area (TPSA) is 252 Å². The van der Waals surface area contributed by atoms with Gasteiger partial charge in [-0.3, -0.25) is 4.79 Å². The Bertz CT molecular complexity index is 1340. The van der Waals surface area contributed by atoms with Gasteiger partial charge < -0.3 is 68.7 Å².